The van der Waals surface area contributed by atoms with Crippen molar-refractivity contribution >= 4 is 11.7 Å². The Morgan fingerprint density at radius 2 is 2.17 bits per heavy atom. The van der Waals surface area contributed by atoms with Crippen molar-refractivity contribution in [2.24, 2.45) is 0 Å². The van der Waals surface area contributed by atoms with E-state index in [0.29, 0.717) is 38.0 Å². The van der Waals surface area contributed by atoms with Gasteiger partial charge in [0.1, 0.15) is 0 Å². The minimum atomic E-state index is -0.584. The number of nitrogens with one attached hydrogen (secondary N) is 1. The third-order valence-electron chi connectivity index (χ3n) is 2.92. The normalized spacial score (nSPS) is 21.1. The fourth-order valence-electron chi connectivity index (χ4n) is 2.02. The van der Waals surface area contributed by atoms with Crippen molar-refractivity contribution in [3.05, 3.63) is 11.6 Å². The molecule has 0 aromatic heterocycles. The summed E-state index contributed by atoms with van der Waals surface area (Å²) in [5, 5.41) is 7.70. The van der Waals surface area contributed by atoms with Crippen LogP contribution in [0.25, 0.3) is 0 Å². The fraction of sp³-hybridized carbons (Fsp3) is 0.667. The second-order valence-electron chi connectivity index (χ2n) is 4.04. The number of hydrogen-bond acceptors (Lipinski definition) is 5. The van der Waals surface area contributed by atoms with Crippen molar-refractivity contribution in [1.29, 1.82) is 5.41 Å². The molecule has 0 aromatic carbocycles. The molecule has 18 heavy (non-hydrogen) atoms. The van der Waals surface area contributed by atoms with Crippen molar-refractivity contribution in [2.75, 3.05) is 19.8 Å². The zero-order chi connectivity index (χ0) is 12.3. The molecule has 1 saturated heterocycles. The van der Waals surface area contributed by atoms with Crippen LogP contribution in [0.3, 0.4) is 0 Å². The SMILES string of the molecule is CCOC(=O)C(=N)C1=[C-]CC2(CC1)OCCO2.[Na+]. The summed E-state index contributed by atoms with van der Waals surface area (Å²) in [5.74, 6) is -1.14. The van der Waals surface area contributed by atoms with Gasteiger partial charge in [0, 0.05) is 6.42 Å². The molecule has 0 bridgehead atoms. The van der Waals surface area contributed by atoms with Crippen LogP contribution < -0.4 is 29.6 Å². The molecule has 0 aromatic rings. The molecule has 1 heterocycles. The molecule has 6 heteroatoms. The molecule has 1 spiro atoms. The molecule has 1 aliphatic carbocycles. The van der Waals surface area contributed by atoms with Crippen LogP contribution in [0, 0.1) is 11.5 Å². The molecule has 0 unspecified atom stereocenters. The smallest absolute Gasteiger partial charge is 0.475 e. The van der Waals surface area contributed by atoms with Crippen LogP contribution in [-0.2, 0) is 19.0 Å². The van der Waals surface area contributed by atoms with Crippen LogP contribution >= 0.6 is 0 Å². The molecule has 0 saturated carbocycles. The molecule has 1 N–H and O–H groups in total. The third-order valence-corrected chi connectivity index (χ3v) is 2.92. The van der Waals surface area contributed by atoms with Gasteiger partial charge in [-0.2, -0.15) is 5.57 Å². The van der Waals surface area contributed by atoms with E-state index in [9.17, 15) is 4.79 Å². The average molecular weight is 261 g/mol. The fourth-order valence-corrected chi connectivity index (χ4v) is 2.02. The minimum Gasteiger partial charge on any atom is -0.475 e. The first-order valence-corrected chi connectivity index (χ1v) is 5.80. The Bertz CT molecular complexity index is 361. The maximum absolute atomic E-state index is 11.4. The molecule has 2 aliphatic rings. The zero-order valence-electron chi connectivity index (χ0n) is 10.9. The molecule has 0 atom stereocenters. The summed E-state index contributed by atoms with van der Waals surface area (Å²) in [6, 6.07) is 0. The van der Waals surface area contributed by atoms with Crippen LogP contribution in [-0.4, -0.2) is 37.3 Å². The number of esters is 1. The molecule has 94 valence electrons. The standard InChI is InChI=1S/C12H16NO4.Na/c1-2-15-11(14)10(13)9-3-5-12(6-4-9)16-7-8-17-12;/h13H,2-3,5-8H2,1H3;/q-1;+1. The van der Waals surface area contributed by atoms with E-state index in [4.69, 9.17) is 19.6 Å². The Balaban J connectivity index is 0.00000162. The van der Waals surface area contributed by atoms with Crippen molar-refractivity contribution in [2.45, 2.75) is 32.0 Å². The van der Waals surface area contributed by atoms with Gasteiger partial charge in [0.05, 0.1) is 19.8 Å². The molecule has 0 amide bonds. The Kier molecular flexibility index (Phi) is 6.01. The zero-order valence-corrected chi connectivity index (χ0v) is 12.9. The van der Waals surface area contributed by atoms with Gasteiger partial charge in [0.25, 0.3) is 5.97 Å². The summed E-state index contributed by atoms with van der Waals surface area (Å²) < 4.78 is 15.9. The minimum absolute atomic E-state index is 0. The predicted molar refractivity (Wildman–Crippen MR) is 59.6 cm³/mol. The average Bonchev–Trinajstić information content (AvgIpc) is 2.78. The summed E-state index contributed by atoms with van der Waals surface area (Å²) in [7, 11) is 0. The second kappa shape index (κ2) is 6.82. The van der Waals surface area contributed by atoms with Gasteiger partial charge < -0.3 is 19.6 Å². The first kappa shape index (κ1) is 15.9. The molecule has 1 aliphatic heterocycles. The van der Waals surface area contributed by atoms with E-state index in [1.54, 1.807) is 6.92 Å². The first-order chi connectivity index (χ1) is 8.17. The van der Waals surface area contributed by atoms with E-state index < -0.39 is 11.8 Å². The van der Waals surface area contributed by atoms with E-state index in [2.05, 4.69) is 6.08 Å². The van der Waals surface area contributed by atoms with E-state index >= 15 is 0 Å². The van der Waals surface area contributed by atoms with Crippen molar-refractivity contribution in [3.8, 4) is 0 Å². The van der Waals surface area contributed by atoms with Gasteiger partial charge in [-0.3, -0.25) is 10.9 Å². The largest absolute Gasteiger partial charge is 1.00 e. The van der Waals surface area contributed by atoms with E-state index in [1.807, 2.05) is 0 Å². The number of carbonyl (C=O) groups is 1. The van der Waals surface area contributed by atoms with E-state index in [0.717, 1.165) is 0 Å². The Morgan fingerprint density at radius 3 is 2.67 bits per heavy atom. The summed E-state index contributed by atoms with van der Waals surface area (Å²) in [6.45, 7) is 3.21. The number of rotatable bonds is 3. The molecule has 2 rings (SSSR count). The van der Waals surface area contributed by atoms with Crippen molar-refractivity contribution < 1.29 is 48.6 Å². The Morgan fingerprint density at radius 1 is 1.50 bits per heavy atom. The van der Waals surface area contributed by atoms with Crippen LogP contribution in [0.1, 0.15) is 26.2 Å². The molecular formula is C12H16NNaO4. The quantitative estimate of drug-likeness (QED) is 0.282. The van der Waals surface area contributed by atoms with Gasteiger partial charge in [-0.05, 0) is 12.6 Å². The third kappa shape index (κ3) is 3.42. The molecule has 0 radical (unpaired) electrons. The van der Waals surface area contributed by atoms with Crippen molar-refractivity contribution in [1.82, 2.24) is 0 Å². The van der Waals surface area contributed by atoms with Gasteiger partial charge in [-0.1, -0.05) is 12.8 Å². The van der Waals surface area contributed by atoms with E-state index in [-0.39, 0.29) is 41.9 Å². The first-order valence-electron chi connectivity index (χ1n) is 5.80. The monoisotopic (exact) mass is 261 g/mol. The number of hydrogen-bond donors (Lipinski definition) is 1. The predicted octanol–water partition coefficient (Wildman–Crippen LogP) is -1.77. The maximum atomic E-state index is 11.4. The number of carbonyl (C=O) groups excluding carboxylic acids is 1. The van der Waals surface area contributed by atoms with Gasteiger partial charge in [0.15, 0.2) is 5.79 Å². The molecule has 5 nitrogen and oxygen atoms in total. The number of ether oxygens (including phenoxy) is 3. The van der Waals surface area contributed by atoms with Crippen molar-refractivity contribution in [3.63, 3.8) is 0 Å². The summed E-state index contributed by atoms with van der Waals surface area (Å²) in [4.78, 5) is 11.4. The van der Waals surface area contributed by atoms with Crippen LogP contribution in [0.5, 0.6) is 0 Å². The second-order valence-corrected chi connectivity index (χ2v) is 4.04. The topological polar surface area (TPSA) is 68.6 Å². The van der Waals surface area contributed by atoms with Crippen LogP contribution in [0.15, 0.2) is 5.57 Å². The van der Waals surface area contributed by atoms with E-state index in [1.165, 1.54) is 0 Å². The summed E-state index contributed by atoms with van der Waals surface area (Å²) in [6.07, 6.45) is 4.74. The molecular weight excluding hydrogens is 245 g/mol. The van der Waals surface area contributed by atoms with Gasteiger partial charge in [-0.15, -0.1) is 0 Å². The van der Waals surface area contributed by atoms with Crippen LogP contribution in [0.2, 0.25) is 0 Å². The summed E-state index contributed by atoms with van der Waals surface area (Å²) in [5.41, 5.74) is 0.507. The Labute approximate surface area is 129 Å². The molecule has 1 fully saturated rings. The Hall–Kier alpha value is -0.200. The van der Waals surface area contributed by atoms with Gasteiger partial charge in [0.2, 0.25) is 0 Å². The van der Waals surface area contributed by atoms with Gasteiger partial charge in [-0.25, -0.2) is 0 Å². The maximum Gasteiger partial charge on any atom is 1.00 e. The van der Waals surface area contributed by atoms with Crippen LogP contribution in [0.4, 0.5) is 0 Å². The van der Waals surface area contributed by atoms with Gasteiger partial charge >= 0.3 is 29.6 Å². The summed E-state index contributed by atoms with van der Waals surface area (Å²) >= 11 is 0.